The van der Waals surface area contributed by atoms with Gasteiger partial charge in [-0.15, -0.1) is 0 Å². The smallest absolute Gasteiger partial charge is 0.230 e. The summed E-state index contributed by atoms with van der Waals surface area (Å²) in [5, 5.41) is 7.47. The van der Waals surface area contributed by atoms with E-state index in [1.165, 1.54) is 18.2 Å². The topological polar surface area (TPSA) is 55.1 Å². The molecule has 1 aromatic heterocycles. The summed E-state index contributed by atoms with van der Waals surface area (Å²) >= 11 is 5.70. The lowest BCUT2D eigenvalue weighted by molar-refractivity contribution is -0.115. The third-order valence-corrected chi connectivity index (χ3v) is 3.81. The van der Waals surface area contributed by atoms with Crippen LogP contribution in [-0.2, 0) is 11.2 Å². The van der Waals surface area contributed by atoms with E-state index in [0.717, 1.165) is 16.5 Å². The van der Waals surface area contributed by atoms with Crippen molar-refractivity contribution >= 4 is 34.2 Å². The Kier molecular flexibility index (Phi) is 4.05. The van der Waals surface area contributed by atoms with E-state index in [-0.39, 0.29) is 17.4 Å². The third kappa shape index (κ3) is 3.19. The Bertz CT molecular complexity index is 905. The van der Waals surface area contributed by atoms with Gasteiger partial charge in [0.25, 0.3) is 0 Å². The molecule has 118 valence electrons. The largest absolute Gasteiger partial charge is 0.356 e. The van der Waals surface area contributed by atoms with Crippen LogP contribution in [0.2, 0.25) is 5.02 Å². The van der Waals surface area contributed by atoms with Gasteiger partial charge in [-0.2, -0.15) is 0 Å². The summed E-state index contributed by atoms with van der Waals surface area (Å²) < 4.78 is 18.4. The highest BCUT2D eigenvalue weighted by Crippen LogP contribution is 2.25. The SMILES string of the molecule is Cc1cc(C)c2c(CC(=O)Nc3ccc(F)c(Cl)c3)noc2c1. The first kappa shape index (κ1) is 15.5. The second-order valence-electron chi connectivity index (χ2n) is 5.44. The number of carbonyl (C=O) groups excluding carboxylic acids is 1. The first-order valence-corrected chi connectivity index (χ1v) is 7.42. The second kappa shape index (κ2) is 6.01. The molecule has 0 aliphatic carbocycles. The Labute approximate surface area is 137 Å². The Morgan fingerprint density at radius 3 is 2.83 bits per heavy atom. The second-order valence-corrected chi connectivity index (χ2v) is 5.85. The van der Waals surface area contributed by atoms with Gasteiger partial charge in [-0.25, -0.2) is 4.39 Å². The van der Waals surface area contributed by atoms with E-state index in [9.17, 15) is 9.18 Å². The summed E-state index contributed by atoms with van der Waals surface area (Å²) in [6, 6.07) is 7.92. The van der Waals surface area contributed by atoms with Crippen LogP contribution < -0.4 is 5.32 Å². The molecule has 0 bridgehead atoms. The van der Waals surface area contributed by atoms with Crippen LogP contribution in [0.1, 0.15) is 16.8 Å². The maximum atomic E-state index is 13.1. The van der Waals surface area contributed by atoms with Crippen LogP contribution in [0.15, 0.2) is 34.9 Å². The molecule has 0 saturated heterocycles. The van der Waals surface area contributed by atoms with E-state index in [2.05, 4.69) is 10.5 Å². The summed E-state index contributed by atoms with van der Waals surface area (Å²) in [6.45, 7) is 3.92. The predicted molar refractivity (Wildman–Crippen MR) is 87.2 cm³/mol. The molecule has 0 atom stereocenters. The zero-order valence-electron chi connectivity index (χ0n) is 12.6. The van der Waals surface area contributed by atoms with Gasteiger partial charge in [0.05, 0.1) is 11.4 Å². The summed E-state index contributed by atoms with van der Waals surface area (Å²) in [5.41, 5.74) is 3.75. The molecule has 6 heteroatoms. The first-order chi connectivity index (χ1) is 10.9. The van der Waals surface area contributed by atoms with Gasteiger partial charge in [0.15, 0.2) is 5.58 Å². The van der Waals surface area contributed by atoms with Crippen molar-refractivity contribution in [3.8, 4) is 0 Å². The predicted octanol–water partition coefficient (Wildman–Crippen LogP) is 4.42. The summed E-state index contributed by atoms with van der Waals surface area (Å²) in [6.07, 6.45) is 0.0614. The number of rotatable bonds is 3. The van der Waals surface area contributed by atoms with Crippen LogP contribution in [0.5, 0.6) is 0 Å². The molecule has 0 saturated carbocycles. The Morgan fingerprint density at radius 2 is 2.09 bits per heavy atom. The van der Waals surface area contributed by atoms with Gasteiger partial charge < -0.3 is 9.84 Å². The van der Waals surface area contributed by atoms with Crippen molar-refractivity contribution in [1.29, 1.82) is 0 Å². The number of fused-ring (bicyclic) bond motifs is 1. The van der Waals surface area contributed by atoms with Gasteiger partial charge >= 0.3 is 0 Å². The molecule has 0 spiro atoms. The lowest BCUT2D eigenvalue weighted by Gasteiger charge is -2.05. The van der Waals surface area contributed by atoms with Gasteiger partial charge in [0.2, 0.25) is 5.91 Å². The highest BCUT2D eigenvalue weighted by atomic mass is 35.5. The minimum Gasteiger partial charge on any atom is -0.356 e. The number of aromatic nitrogens is 1. The average molecular weight is 333 g/mol. The maximum Gasteiger partial charge on any atom is 0.230 e. The molecule has 0 unspecified atom stereocenters. The van der Waals surface area contributed by atoms with E-state index >= 15 is 0 Å². The Hall–Kier alpha value is -2.40. The normalized spacial score (nSPS) is 11.0. The minimum atomic E-state index is -0.529. The molecule has 23 heavy (non-hydrogen) atoms. The fraction of sp³-hybridized carbons (Fsp3) is 0.176. The van der Waals surface area contributed by atoms with E-state index in [1.807, 2.05) is 26.0 Å². The van der Waals surface area contributed by atoms with Crippen LogP contribution in [0.3, 0.4) is 0 Å². The third-order valence-electron chi connectivity index (χ3n) is 3.52. The van der Waals surface area contributed by atoms with Crippen LogP contribution in [-0.4, -0.2) is 11.1 Å². The number of hydrogen-bond donors (Lipinski definition) is 1. The summed E-state index contributed by atoms with van der Waals surface area (Å²) in [5.74, 6) is -0.805. The fourth-order valence-corrected chi connectivity index (χ4v) is 2.75. The van der Waals surface area contributed by atoms with E-state index < -0.39 is 5.82 Å². The Morgan fingerprint density at radius 1 is 1.30 bits per heavy atom. The molecular formula is C17H14ClFN2O2. The highest BCUT2D eigenvalue weighted by molar-refractivity contribution is 6.31. The lowest BCUT2D eigenvalue weighted by Crippen LogP contribution is -2.14. The standard InChI is InChI=1S/C17H14ClFN2O2/c1-9-5-10(2)17-14(21-23-15(17)6-9)8-16(22)20-11-3-4-13(19)12(18)7-11/h3-7H,8H2,1-2H3,(H,20,22). The van der Waals surface area contributed by atoms with Crippen LogP contribution in [0.4, 0.5) is 10.1 Å². The maximum absolute atomic E-state index is 13.1. The molecule has 0 radical (unpaired) electrons. The van der Waals surface area contributed by atoms with Crippen LogP contribution >= 0.6 is 11.6 Å². The number of nitrogens with one attached hydrogen (secondary N) is 1. The highest BCUT2D eigenvalue weighted by Gasteiger charge is 2.15. The van der Waals surface area contributed by atoms with Crippen molar-refractivity contribution < 1.29 is 13.7 Å². The number of anilines is 1. The number of carbonyl (C=O) groups is 1. The number of amides is 1. The quantitative estimate of drug-likeness (QED) is 0.772. The number of aryl methyl sites for hydroxylation is 2. The molecule has 1 amide bonds. The number of benzene rings is 2. The lowest BCUT2D eigenvalue weighted by atomic mass is 10.0. The van der Waals surface area contributed by atoms with Gasteiger partial charge in [-0.05, 0) is 49.2 Å². The van der Waals surface area contributed by atoms with Crippen LogP contribution in [0, 0.1) is 19.7 Å². The van der Waals surface area contributed by atoms with Crippen LogP contribution in [0.25, 0.3) is 11.0 Å². The van der Waals surface area contributed by atoms with Crippen molar-refractivity contribution in [2.45, 2.75) is 20.3 Å². The van der Waals surface area contributed by atoms with Crippen molar-refractivity contribution in [2.75, 3.05) is 5.32 Å². The van der Waals surface area contributed by atoms with Gasteiger partial charge in [0, 0.05) is 11.1 Å². The number of halogens is 2. The molecule has 1 heterocycles. The van der Waals surface area contributed by atoms with E-state index in [0.29, 0.717) is 17.0 Å². The first-order valence-electron chi connectivity index (χ1n) is 7.04. The summed E-state index contributed by atoms with van der Waals surface area (Å²) in [7, 11) is 0. The molecule has 3 rings (SSSR count). The molecule has 4 nitrogen and oxygen atoms in total. The van der Waals surface area contributed by atoms with E-state index in [4.69, 9.17) is 16.1 Å². The summed E-state index contributed by atoms with van der Waals surface area (Å²) in [4.78, 5) is 12.2. The molecule has 2 aromatic carbocycles. The van der Waals surface area contributed by atoms with Crippen molar-refractivity contribution in [1.82, 2.24) is 5.16 Å². The minimum absolute atomic E-state index is 0.0407. The monoisotopic (exact) mass is 332 g/mol. The van der Waals surface area contributed by atoms with Gasteiger partial charge in [-0.1, -0.05) is 22.8 Å². The zero-order valence-corrected chi connectivity index (χ0v) is 13.4. The number of nitrogens with zero attached hydrogens (tertiary/aromatic N) is 1. The average Bonchev–Trinajstić information content (AvgIpc) is 2.85. The van der Waals surface area contributed by atoms with Crippen molar-refractivity contribution in [3.63, 3.8) is 0 Å². The van der Waals surface area contributed by atoms with Crippen molar-refractivity contribution in [3.05, 3.63) is 58.0 Å². The molecular weight excluding hydrogens is 319 g/mol. The Balaban J connectivity index is 1.81. The molecule has 1 N–H and O–H groups in total. The van der Waals surface area contributed by atoms with Crippen molar-refractivity contribution in [2.24, 2.45) is 0 Å². The number of hydrogen-bond acceptors (Lipinski definition) is 3. The fourth-order valence-electron chi connectivity index (χ4n) is 2.57. The molecule has 0 fully saturated rings. The molecule has 0 aliphatic heterocycles. The zero-order chi connectivity index (χ0) is 16.6. The molecule has 0 aliphatic rings. The van der Waals surface area contributed by atoms with Gasteiger partial charge in [-0.3, -0.25) is 4.79 Å². The molecule has 3 aromatic rings. The van der Waals surface area contributed by atoms with Gasteiger partial charge in [0.1, 0.15) is 11.5 Å². The van der Waals surface area contributed by atoms with E-state index in [1.54, 1.807) is 0 Å².